The van der Waals surface area contributed by atoms with Crippen molar-refractivity contribution < 1.29 is 18.7 Å². The number of ketones is 1. The smallest absolute Gasteiger partial charge is 0.276 e. The summed E-state index contributed by atoms with van der Waals surface area (Å²) in [6.07, 6.45) is 1.45. The number of hydrogen-bond acceptors (Lipinski definition) is 5. The number of nitrogens with zero attached hydrogens (tertiary/aromatic N) is 1. The Bertz CT molecular complexity index is 1330. The molecule has 1 aliphatic heterocycles. The van der Waals surface area contributed by atoms with Crippen molar-refractivity contribution in [2.75, 3.05) is 17.3 Å². The van der Waals surface area contributed by atoms with Crippen molar-refractivity contribution in [1.82, 2.24) is 0 Å². The molecule has 5 rings (SSSR count). The number of benzene rings is 3. The van der Waals surface area contributed by atoms with Crippen molar-refractivity contribution in [1.29, 1.82) is 0 Å². The van der Waals surface area contributed by atoms with Gasteiger partial charge in [-0.15, -0.1) is 0 Å². The molecule has 4 aromatic rings. The summed E-state index contributed by atoms with van der Waals surface area (Å²) in [7, 11) is 1.59. The highest BCUT2D eigenvalue weighted by atomic mass is 16.5. The molecule has 0 spiro atoms. The third kappa shape index (κ3) is 3.86. The number of rotatable bonds is 7. The molecule has 3 aromatic carbocycles. The number of hydrogen-bond donors (Lipinski definition) is 1. The lowest BCUT2D eigenvalue weighted by Gasteiger charge is -2.27. The van der Waals surface area contributed by atoms with E-state index in [-0.39, 0.29) is 23.1 Å². The first kappa shape index (κ1) is 21.3. The van der Waals surface area contributed by atoms with Crippen molar-refractivity contribution in [2.45, 2.75) is 6.04 Å². The molecule has 1 amide bonds. The lowest BCUT2D eigenvalue weighted by atomic mass is 9.94. The van der Waals surface area contributed by atoms with E-state index in [0.717, 1.165) is 5.56 Å². The van der Waals surface area contributed by atoms with Crippen LogP contribution < -0.4 is 15.0 Å². The van der Waals surface area contributed by atoms with Gasteiger partial charge in [-0.2, -0.15) is 0 Å². The number of amides is 1. The number of furan rings is 1. The zero-order valence-electron chi connectivity index (χ0n) is 18.5. The van der Waals surface area contributed by atoms with Gasteiger partial charge in [0, 0.05) is 11.4 Å². The quantitative estimate of drug-likeness (QED) is 0.370. The highest BCUT2D eigenvalue weighted by Gasteiger charge is 2.45. The van der Waals surface area contributed by atoms with Gasteiger partial charge >= 0.3 is 0 Å². The molecule has 1 atom stereocenters. The fourth-order valence-electron chi connectivity index (χ4n) is 4.14. The van der Waals surface area contributed by atoms with E-state index in [0.29, 0.717) is 22.7 Å². The Morgan fingerprint density at radius 2 is 1.56 bits per heavy atom. The van der Waals surface area contributed by atoms with E-state index >= 15 is 0 Å². The maximum Gasteiger partial charge on any atom is 0.276 e. The molecule has 1 aliphatic rings. The van der Waals surface area contributed by atoms with E-state index in [9.17, 15) is 9.59 Å². The highest BCUT2D eigenvalue weighted by molar-refractivity contribution is 6.22. The third-order valence-corrected chi connectivity index (χ3v) is 5.73. The summed E-state index contributed by atoms with van der Waals surface area (Å²) in [6.45, 7) is 0. The molecular weight excluding hydrogens is 428 g/mol. The van der Waals surface area contributed by atoms with Crippen LogP contribution in [0.1, 0.15) is 22.2 Å². The fourth-order valence-corrected chi connectivity index (χ4v) is 4.14. The van der Waals surface area contributed by atoms with Crippen LogP contribution in [-0.4, -0.2) is 18.8 Å². The van der Waals surface area contributed by atoms with Crippen LogP contribution in [0.2, 0.25) is 0 Å². The van der Waals surface area contributed by atoms with Crippen LogP contribution in [0.25, 0.3) is 0 Å². The van der Waals surface area contributed by atoms with Gasteiger partial charge in [-0.05, 0) is 54.1 Å². The molecule has 6 heteroatoms. The maximum absolute atomic E-state index is 13.9. The molecule has 0 aliphatic carbocycles. The van der Waals surface area contributed by atoms with Gasteiger partial charge in [0.15, 0.2) is 5.76 Å². The molecule has 0 bridgehead atoms. The van der Waals surface area contributed by atoms with Crippen LogP contribution >= 0.6 is 0 Å². The van der Waals surface area contributed by atoms with Crippen molar-refractivity contribution in [2.24, 2.45) is 0 Å². The first-order valence-corrected chi connectivity index (χ1v) is 10.8. The maximum atomic E-state index is 13.9. The molecular formula is C28H22N2O4. The topological polar surface area (TPSA) is 71.8 Å². The van der Waals surface area contributed by atoms with Gasteiger partial charge in [-0.1, -0.05) is 48.5 Å². The fraction of sp³-hybridized carbons (Fsp3) is 0.0714. The minimum absolute atomic E-state index is 0.174. The van der Waals surface area contributed by atoms with E-state index in [1.165, 1.54) is 6.26 Å². The van der Waals surface area contributed by atoms with Crippen LogP contribution in [0.3, 0.4) is 0 Å². The monoisotopic (exact) mass is 450 g/mol. The van der Waals surface area contributed by atoms with E-state index in [4.69, 9.17) is 9.15 Å². The second kappa shape index (κ2) is 9.11. The third-order valence-electron chi connectivity index (χ3n) is 5.73. The van der Waals surface area contributed by atoms with Gasteiger partial charge in [0.05, 0.1) is 25.0 Å². The average Bonchev–Trinajstić information content (AvgIpc) is 3.52. The van der Waals surface area contributed by atoms with Crippen molar-refractivity contribution in [3.63, 3.8) is 0 Å². The Morgan fingerprint density at radius 3 is 2.18 bits per heavy atom. The summed E-state index contributed by atoms with van der Waals surface area (Å²) in [5.74, 6) is 0.220. The van der Waals surface area contributed by atoms with Crippen molar-refractivity contribution in [3.05, 3.63) is 126 Å². The molecule has 34 heavy (non-hydrogen) atoms. The Hall–Kier alpha value is -4.58. The summed E-state index contributed by atoms with van der Waals surface area (Å²) < 4.78 is 10.7. The Kier molecular flexibility index (Phi) is 5.70. The summed E-state index contributed by atoms with van der Waals surface area (Å²) in [6, 6.07) is 28.7. The van der Waals surface area contributed by atoms with Crippen LogP contribution in [0.5, 0.6) is 5.75 Å². The number of para-hydroxylation sites is 1. The van der Waals surface area contributed by atoms with E-state index in [2.05, 4.69) is 5.32 Å². The predicted octanol–water partition coefficient (Wildman–Crippen LogP) is 5.63. The largest absolute Gasteiger partial charge is 0.497 e. The van der Waals surface area contributed by atoms with Crippen molar-refractivity contribution >= 4 is 23.1 Å². The number of nitrogens with one attached hydrogen (secondary N) is 1. The van der Waals surface area contributed by atoms with E-state index < -0.39 is 6.04 Å². The normalized spacial score (nSPS) is 15.5. The summed E-state index contributed by atoms with van der Waals surface area (Å²) in [5, 5.41) is 3.20. The highest BCUT2D eigenvalue weighted by Crippen LogP contribution is 2.42. The van der Waals surface area contributed by atoms with Crippen LogP contribution in [0.15, 0.2) is 119 Å². The molecule has 0 fully saturated rings. The molecule has 1 unspecified atom stereocenters. The van der Waals surface area contributed by atoms with E-state index in [1.54, 1.807) is 48.4 Å². The van der Waals surface area contributed by atoms with Crippen LogP contribution in [0.4, 0.5) is 11.4 Å². The second-order valence-electron chi connectivity index (χ2n) is 7.77. The number of carbonyl (C=O) groups excluding carboxylic acids is 2. The first-order valence-electron chi connectivity index (χ1n) is 10.8. The van der Waals surface area contributed by atoms with Gasteiger partial charge in [0.1, 0.15) is 11.4 Å². The number of carbonyl (C=O) groups is 2. The number of methoxy groups -OCH3 is 1. The standard InChI is InChI=1S/C28H22N2O4/c1-33-22-16-14-20(15-17-22)29-25-24(27(31)23-13-8-18-34-23)26(19-9-4-2-5-10-19)30(28(25)32)21-11-6-3-7-12-21/h2-18,26,29H,1H3. The van der Waals surface area contributed by atoms with Gasteiger partial charge in [0.25, 0.3) is 5.91 Å². The Balaban J connectivity index is 1.69. The van der Waals surface area contributed by atoms with Gasteiger partial charge in [-0.3, -0.25) is 14.5 Å². The lowest BCUT2D eigenvalue weighted by molar-refractivity contribution is -0.114. The van der Waals surface area contributed by atoms with Gasteiger partial charge in [-0.25, -0.2) is 0 Å². The minimum Gasteiger partial charge on any atom is -0.497 e. The molecule has 1 aromatic heterocycles. The van der Waals surface area contributed by atoms with Gasteiger partial charge in [0.2, 0.25) is 5.78 Å². The van der Waals surface area contributed by atoms with Crippen LogP contribution in [0, 0.1) is 0 Å². The molecule has 6 nitrogen and oxygen atoms in total. The lowest BCUT2D eigenvalue weighted by Crippen LogP contribution is -2.31. The van der Waals surface area contributed by atoms with Gasteiger partial charge < -0.3 is 14.5 Å². The predicted molar refractivity (Wildman–Crippen MR) is 130 cm³/mol. The molecule has 2 heterocycles. The Morgan fingerprint density at radius 1 is 0.882 bits per heavy atom. The molecule has 1 N–H and O–H groups in total. The average molecular weight is 450 g/mol. The summed E-state index contributed by atoms with van der Waals surface area (Å²) >= 11 is 0. The molecule has 0 saturated heterocycles. The molecule has 0 saturated carbocycles. The number of ether oxygens (including phenoxy) is 1. The zero-order chi connectivity index (χ0) is 23.5. The van der Waals surface area contributed by atoms with Crippen molar-refractivity contribution in [3.8, 4) is 5.75 Å². The molecule has 168 valence electrons. The van der Waals surface area contributed by atoms with Crippen LogP contribution in [-0.2, 0) is 4.79 Å². The summed E-state index contributed by atoms with van der Waals surface area (Å²) in [5.41, 5.74) is 2.71. The summed E-state index contributed by atoms with van der Waals surface area (Å²) in [4.78, 5) is 29.3. The van der Waals surface area contributed by atoms with E-state index in [1.807, 2.05) is 60.7 Å². The molecule has 0 radical (unpaired) electrons. The SMILES string of the molecule is COc1ccc(NC2=C(C(=O)c3ccco3)C(c3ccccc3)N(c3ccccc3)C2=O)cc1. The zero-order valence-corrected chi connectivity index (χ0v) is 18.5. The Labute approximate surface area is 197 Å². The number of Topliss-reactive ketones (excluding diaryl/α,β-unsaturated/α-hetero) is 1. The second-order valence-corrected chi connectivity index (χ2v) is 7.77. The first-order chi connectivity index (χ1) is 16.7. The minimum atomic E-state index is -0.630. The number of anilines is 2.